The second-order valence-corrected chi connectivity index (χ2v) is 9.92. The molecule has 0 radical (unpaired) electrons. The monoisotopic (exact) mass is 455 g/mol. The second kappa shape index (κ2) is 9.22. The summed E-state index contributed by atoms with van der Waals surface area (Å²) in [7, 11) is -3.48. The molecule has 3 aromatic rings. The van der Waals surface area contributed by atoms with Gasteiger partial charge in [0.1, 0.15) is 11.6 Å². The van der Waals surface area contributed by atoms with Gasteiger partial charge >= 0.3 is 0 Å². The summed E-state index contributed by atoms with van der Waals surface area (Å²) >= 11 is 0. The summed E-state index contributed by atoms with van der Waals surface area (Å²) in [5.74, 6) is 0.755. The Bertz CT molecular complexity index is 1180. The van der Waals surface area contributed by atoms with Gasteiger partial charge in [0, 0.05) is 43.6 Å². The van der Waals surface area contributed by atoms with Gasteiger partial charge in [-0.05, 0) is 43.7 Å². The highest BCUT2D eigenvalue weighted by molar-refractivity contribution is 7.88. The maximum Gasteiger partial charge on any atom is 0.227 e. The van der Waals surface area contributed by atoms with E-state index < -0.39 is 10.0 Å². The molecule has 0 unspecified atom stereocenters. The van der Waals surface area contributed by atoms with Crippen LogP contribution in [-0.2, 0) is 15.8 Å². The highest BCUT2D eigenvalue weighted by atomic mass is 32.2. The Morgan fingerprint density at radius 1 is 0.938 bits per heavy atom. The summed E-state index contributed by atoms with van der Waals surface area (Å²) in [6.07, 6.45) is 0. The van der Waals surface area contributed by atoms with Crippen LogP contribution >= 0.6 is 0 Å². The summed E-state index contributed by atoms with van der Waals surface area (Å²) in [4.78, 5) is 11.2. The van der Waals surface area contributed by atoms with Crippen molar-refractivity contribution in [3.8, 4) is 0 Å². The van der Waals surface area contributed by atoms with Crippen molar-refractivity contribution < 1.29 is 12.8 Å². The highest BCUT2D eigenvalue weighted by Crippen LogP contribution is 2.21. The molecule has 1 N–H and O–H groups in total. The molecule has 9 heteroatoms. The van der Waals surface area contributed by atoms with Crippen molar-refractivity contribution in [1.82, 2.24) is 14.3 Å². The normalized spacial score (nSPS) is 15.0. The van der Waals surface area contributed by atoms with Gasteiger partial charge in [-0.25, -0.2) is 17.8 Å². The topological polar surface area (TPSA) is 78.4 Å². The number of anilines is 3. The summed E-state index contributed by atoms with van der Waals surface area (Å²) in [5.41, 5.74) is 3.53. The Morgan fingerprint density at radius 2 is 1.59 bits per heavy atom. The number of aryl methyl sites for hydroxylation is 2. The molecule has 32 heavy (non-hydrogen) atoms. The van der Waals surface area contributed by atoms with Crippen molar-refractivity contribution in [2.75, 3.05) is 36.4 Å². The van der Waals surface area contributed by atoms with Crippen LogP contribution in [0.2, 0.25) is 0 Å². The molecular weight excluding hydrogens is 429 g/mol. The Kier molecular flexibility index (Phi) is 6.38. The average Bonchev–Trinajstić information content (AvgIpc) is 2.76. The third-order valence-electron chi connectivity index (χ3n) is 5.34. The van der Waals surface area contributed by atoms with Gasteiger partial charge in [0.05, 0.1) is 5.75 Å². The van der Waals surface area contributed by atoms with E-state index >= 15 is 0 Å². The first-order valence-corrected chi connectivity index (χ1v) is 12.1. The quantitative estimate of drug-likeness (QED) is 0.612. The minimum absolute atomic E-state index is 0.140. The van der Waals surface area contributed by atoms with E-state index in [-0.39, 0.29) is 11.6 Å². The van der Waals surface area contributed by atoms with E-state index in [1.165, 1.54) is 34.1 Å². The Morgan fingerprint density at radius 3 is 2.25 bits per heavy atom. The lowest BCUT2D eigenvalue weighted by Gasteiger charge is -2.34. The number of aromatic nitrogens is 2. The van der Waals surface area contributed by atoms with E-state index in [2.05, 4.69) is 15.3 Å². The lowest BCUT2D eigenvalue weighted by molar-refractivity contribution is 0.382. The maximum absolute atomic E-state index is 13.1. The first kappa shape index (κ1) is 22.2. The molecule has 168 valence electrons. The number of halogens is 1. The molecule has 1 saturated heterocycles. The van der Waals surface area contributed by atoms with Gasteiger partial charge in [-0.3, -0.25) is 0 Å². The molecule has 0 spiro atoms. The predicted octanol–water partition coefficient (Wildman–Crippen LogP) is 3.63. The lowest BCUT2D eigenvalue weighted by atomic mass is 10.2. The fourth-order valence-corrected chi connectivity index (χ4v) is 5.11. The Hall–Kier alpha value is -3.04. The van der Waals surface area contributed by atoms with Crippen molar-refractivity contribution in [2.45, 2.75) is 19.6 Å². The van der Waals surface area contributed by atoms with E-state index in [9.17, 15) is 12.8 Å². The van der Waals surface area contributed by atoms with Crippen LogP contribution in [0.4, 0.5) is 21.8 Å². The predicted molar refractivity (Wildman–Crippen MR) is 124 cm³/mol. The number of benzene rings is 2. The molecule has 1 aromatic heterocycles. The lowest BCUT2D eigenvalue weighted by Crippen LogP contribution is -2.49. The van der Waals surface area contributed by atoms with Crippen LogP contribution in [0.5, 0.6) is 0 Å². The van der Waals surface area contributed by atoms with Crippen molar-refractivity contribution in [3.63, 3.8) is 0 Å². The van der Waals surface area contributed by atoms with Crippen LogP contribution in [0.1, 0.15) is 16.8 Å². The smallest absolute Gasteiger partial charge is 0.227 e. The molecule has 2 aromatic carbocycles. The van der Waals surface area contributed by atoms with Crippen LogP contribution in [0.25, 0.3) is 0 Å². The van der Waals surface area contributed by atoms with Gasteiger partial charge in [-0.15, -0.1) is 0 Å². The highest BCUT2D eigenvalue weighted by Gasteiger charge is 2.28. The van der Waals surface area contributed by atoms with Gasteiger partial charge in [0.2, 0.25) is 16.0 Å². The Balaban J connectivity index is 1.41. The zero-order valence-electron chi connectivity index (χ0n) is 18.1. The standard InChI is InChI=1S/C23H26FN5O2S/c1-17-3-9-21(10-4-17)26-22-15-18(2)25-23(27-22)28-11-13-29(14-12-28)32(30,31)16-19-5-7-20(24)8-6-19/h3-10,15H,11-14,16H2,1-2H3,(H,25,26,27). The number of hydrogen-bond acceptors (Lipinski definition) is 6. The minimum atomic E-state index is -3.48. The second-order valence-electron chi connectivity index (χ2n) is 7.95. The molecule has 1 fully saturated rings. The van der Waals surface area contributed by atoms with Crippen molar-refractivity contribution in [3.05, 3.63) is 77.2 Å². The fourth-order valence-electron chi connectivity index (χ4n) is 3.59. The molecule has 4 rings (SSSR count). The first-order valence-electron chi connectivity index (χ1n) is 10.5. The Labute approximate surface area is 188 Å². The summed E-state index contributed by atoms with van der Waals surface area (Å²) in [6.45, 7) is 5.64. The molecule has 1 aliphatic heterocycles. The summed E-state index contributed by atoms with van der Waals surface area (Å²) in [5, 5.41) is 3.30. The number of hydrogen-bond donors (Lipinski definition) is 1. The zero-order chi connectivity index (χ0) is 22.7. The number of piperazine rings is 1. The van der Waals surface area contributed by atoms with E-state index in [0.717, 1.165) is 11.4 Å². The van der Waals surface area contributed by atoms with E-state index in [1.54, 1.807) is 0 Å². The fraction of sp³-hybridized carbons (Fsp3) is 0.304. The molecule has 0 saturated carbocycles. The van der Waals surface area contributed by atoms with Gasteiger partial charge < -0.3 is 10.2 Å². The number of nitrogens with one attached hydrogen (secondary N) is 1. The number of nitrogens with zero attached hydrogens (tertiary/aromatic N) is 4. The van der Waals surface area contributed by atoms with Crippen molar-refractivity contribution in [2.24, 2.45) is 0 Å². The van der Waals surface area contributed by atoms with Gasteiger partial charge in [0.15, 0.2) is 0 Å². The minimum Gasteiger partial charge on any atom is -0.340 e. The summed E-state index contributed by atoms with van der Waals surface area (Å²) in [6, 6.07) is 15.5. The summed E-state index contributed by atoms with van der Waals surface area (Å²) < 4.78 is 40.2. The molecule has 0 aliphatic carbocycles. The van der Waals surface area contributed by atoms with Crippen LogP contribution < -0.4 is 10.2 Å². The van der Waals surface area contributed by atoms with Crippen LogP contribution in [0, 0.1) is 19.7 Å². The molecule has 0 atom stereocenters. The van der Waals surface area contributed by atoms with Crippen molar-refractivity contribution in [1.29, 1.82) is 0 Å². The average molecular weight is 456 g/mol. The van der Waals surface area contributed by atoms with Crippen LogP contribution in [0.15, 0.2) is 54.6 Å². The van der Waals surface area contributed by atoms with E-state index in [1.807, 2.05) is 49.1 Å². The maximum atomic E-state index is 13.1. The van der Waals surface area contributed by atoms with Gasteiger partial charge in [-0.1, -0.05) is 29.8 Å². The largest absolute Gasteiger partial charge is 0.340 e. The third kappa shape index (κ3) is 5.41. The van der Waals surface area contributed by atoms with E-state index in [4.69, 9.17) is 0 Å². The van der Waals surface area contributed by atoms with Gasteiger partial charge in [-0.2, -0.15) is 9.29 Å². The van der Waals surface area contributed by atoms with Crippen molar-refractivity contribution >= 4 is 27.5 Å². The third-order valence-corrected chi connectivity index (χ3v) is 7.19. The SMILES string of the molecule is Cc1ccc(Nc2cc(C)nc(N3CCN(S(=O)(=O)Cc4ccc(F)cc4)CC3)n2)cc1. The molecule has 1 aliphatic rings. The molecule has 0 bridgehead atoms. The van der Waals surface area contributed by atoms with Crippen LogP contribution in [-0.4, -0.2) is 48.9 Å². The van der Waals surface area contributed by atoms with Crippen LogP contribution in [0.3, 0.4) is 0 Å². The molecule has 7 nitrogen and oxygen atoms in total. The van der Waals surface area contributed by atoms with Gasteiger partial charge in [0.25, 0.3) is 0 Å². The number of sulfonamides is 1. The molecule has 2 heterocycles. The zero-order valence-corrected chi connectivity index (χ0v) is 18.9. The van der Waals surface area contributed by atoms with E-state index in [0.29, 0.717) is 43.5 Å². The first-order chi connectivity index (χ1) is 15.3. The molecule has 0 amide bonds. The molecular formula is C23H26FN5O2S. The number of rotatable bonds is 6.